The van der Waals surface area contributed by atoms with E-state index in [1.165, 1.54) is 25.3 Å². The van der Waals surface area contributed by atoms with Gasteiger partial charge >= 0.3 is 0 Å². The van der Waals surface area contributed by atoms with Crippen molar-refractivity contribution < 1.29 is 13.9 Å². The summed E-state index contributed by atoms with van der Waals surface area (Å²) in [7, 11) is 1.53. The third-order valence-corrected chi connectivity index (χ3v) is 5.98. The van der Waals surface area contributed by atoms with Crippen LogP contribution in [0.25, 0.3) is 6.08 Å². The predicted molar refractivity (Wildman–Crippen MR) is 128 cm³/mol. The van der Waals surface area contributed by atoms with Gasteiger partial charge in [0.2, 0.25) is 0 Å². The van der Waals surface area contributed by atoms with Crippen LogP contribution < -0.4 is 10.1 Å². The van der Waals surface area contributed by atoms with Crippen molar-refractivity contribution in [1.82, 2.24) is 0 Å². The molecule has 7 heteroatoms. The number of carbonyl (C=O) groups excluding carboxylic acids is 1. The first kappa shape index (κ1) is 23.5. The Morgan fingerprint density at radius 2 is 2.00 bits per heavy atom. The Bertz CT molecular complexity index is 1250. The van der Waals surface area contributed by atoms with Crippen LogP contribution in [0.4, 0.5) is 10.1 Å². The molecule has 0 aliphatic heterocycles. The first-order chi connectivity index (χ1) is 15.3. The number of nitrogens with one attached hydrogen (secondary N) is 1. The zero-order valence-corrected chi connectivity index (χ0v) is 19.7. The molecule has 32 heavy (non-hydrogen) atoms. The van der Waals surface area contributed by atoms with Crippen LogP contribution in [0.5, 0.6) is 5.75 Å². The highest BCUT2D eigenvalue weighted by molar-refractivity contribution is 9.10. The number of ether oxygens (including phenoxy) is 1. The lowest BCUT2D eigenvalue weighted by Crippen LogP contribution is -2.14. The minimum atomic E-state index is -0.545. The molecule has 0 heterocycles. The van der Waals surface area contributed by atoms with E-state index >= 15 is 0 Å². The molecule has 0 bridgehead atoms. The van der Waals surface area contributed by atoms with Crippen molar-refractivity contribution in [3.05, 3.63) is 97.7 Å². The number of hydrogen-bond acceptors (Lipinski definition) is 3. The van der Waals surface area contributed by atoms with E-state index in [9.17, 15) is 14.4 Å². The molecule has 0 aliphatic carbocycles. The number of amides is 1. The quantitative estimate of drug-likeness (QED) is 0.295. The van der Waals surface area contributed by atoms with Crippen molar-refractivity contribution in [1.29, 1.82) is 5.26 Å². The van der Waals surface area contributed by atoms with Crippen molar-refractivity contribution in [3.8, 4) is 11.8 Å². The minimum Gasteiger partial charge on any atom is -0.496 e. The highest BCUT2D eigenvalue weighted by Crippen LogP contribution is 2.32. The molecule has 3 rings (SSSR count). The summed E-state index contributed by atoms with van der Waals surface area (Å²) < 4.78 is 19.8. The molecule has 0 aromatic heterocycles. The molecule has 0 saturated carbocycles. The van der Waals surface area contributed by atoms with Crippen LogP contribution in [0.3, 0.4) is 0 Å². The van der Waals surface area contributed by atoms with Crippen LogP contribution in [-0.4, -0.2) is 13.0 Å². The number of hydrogen-bond donors (Lipinski definition) is 1. The summed E-state index contributed by atoms with van der Waals surface area (Å²) in [5.74, 6) is -0.299. The second kappa shape index (κ2) is 10.4. The number of nitrogens with zero attached hydrogens (tertiary/aromatic N) is 1. The van der Waals surface area contributed by atoms with Crippen LogP contribution >= 0.6 is 27.5 Å². The normalized spacial score (nSPS) is 11.1. The summed E-state index contributed by atoms with van der Waals surface area (Å²) in [5.41, 5.74) is 3.40. The molecule has 1 N–H and O–H groups in total. The van der Waals surface area contributed by atoms with Gasteiger partial charge in [-0.2, -0.15) is 5.26 Å². The number of benzene rings is 3. The molecule has 3 aromatic carbocycles. The molecule has 162 valence electrons. The van der Waals surface area contributed by atoms with Gasteiger partial charge in [0.15, 0.2) is 0 Å². The SMILES string of the molecule is COc1cc(/C=C(\C#N)C(=O)Nc2cccc(Cl)c2C)cc(Br)c1Cc1cccc(F)c1. The number of halogens is 3. The number of nitriles is 1. The first-order valence-corrected chi connectivity index (χ1v) is 10.8. The Morgan fingerprint density at radius 1 is 1.25 bits per heavy atom. The second-order valence-corrected chi connectivity index (χ2v) is 8.29. The van der Waals surface area contributed by atoms with E-state index < -0.39 is 5.91 Å². The molecule has 0 aliphatic rings. The maximum Gasteiger partial charge on any atom is 0.266 e. The van der Waals surface area contributed by atoms with E-state index in [2.05, 4.69) is 21.2 Å². The van der Waals surface area contributed by atoms with Crippen LogP contribution in [0.15, 0.2) is 64.6 Å². The van der Waals surface area contributed by atoms with E-state index in [0.717, 1.165) is 15.6 Å². The van der Waals surface area contributed by atoms with Gasteiger partial charge in [0.05, 0.1) is 7.11 Å². The van der Waals surface area contributed by atoms with Gasteiger partial charge in [-0.1, -0.05) is 45.7 Å². The number of carbonyl (C=O) groups is 1. The molecular weight excluding hydrogens is 495 g/mol. The Hall–Kier alpha value is -3.14. The Labute approximate surface area is 199 Å². The fourth-order valence-corrected chi connectivity index (χ4v) is 3.94. The van der Waals surface area contributed by atoms with Crippen molar-refractivity contribution in [2.75, 3.05) is 12.4 Å². The fourth-order valence-electron chi connectivity index (χ4n) is 3.17. The summed E-state index contributed by atoms with van der Waals surface area (Å²) in [5, 5.41) is 12.8. The topological polar surface area (TPSA) is 62.1 Å². The first-order valence-electron chi connectivity index (χ1n) is 9.61. The fraction of sp³-hybridized carbons (Fsp3) is 0.120. The third-order valence-electron chi connectivity index (χ3n) is 4.86. The second-order valence-electron chi connectivity index (χ2n) is 7.03. The molecule has 1 amide bonds. The van der Waals surface area contributed by atoms with Crippen LogP contribution in [-0.2, 0) is 11.2 Å². The molecule has 4 nitrogen and oxygen atoms in total. The van der Waals surface area contributed by atoms with Gasteiger partial charge in [0, 0.05) is 27.2 Å². The van der Waals surface area contributed by atoms with E-state index in [1.54, 1.807) is 43.3 Å². The smallest absolute Gasteiger partial charge is 0.266 e. The van der Waals surface area contributed by atoms with Crippen LogP contribution in [0.2, 0.25) is 5.02 Å². The number of methoxy groups -OCH3 is 1. The maximum absolute atomic E-state index is 13.6. The van der Waals surface area contributed by atoms with Gasteiger partial charge < -0.3 is 10.1 Å². The minimum absolute atomic E-state index is 0.0730. The molecule has 0 atom stereocenters. The summed E-state index contributed by atoms with van der Waals surface area (Å²) in [4.78, 5) is 12.7. The third kappa shape index (κ3) is 5.56. The molecule has 0 fully saturated rings. The summed E-state index contributed by atoms with van der Waals surface area (Å²) in [6.45, 7) is 1.78. The maximum atomic E-state index is 13.6. The van der Waals surface area contributed by atoms with E-state index in [4.69, 9.17) is 16.3 Å². The van der Waals surface area contributed by atoms with Gasteiger partial charge in [-0.3, -0.25) is 4.79 Å². The molecule has 0 radical (unpaired) electrons. The zero-order chi connectivity index (χ0) is 23.3. The lowest BCUT2D eigenvalue weighted by molar-refractivity contribution is -0.112. The average molecular weight is 514 g/mol. The van der Waals surface area contributed by atoms with Gasteiger partial charge in [-0.15, -0.1) is 0 Å². The van der Waals surface area contributed by atoms with Gasteiger partial charge in [-0.05, 0) is 66.1 Å². The number of rotatable bonds is 6. The highest BCUT2D eigenvalue weighted by Gasteiger charge is 2.15. The standard InChI is InChI=1S/C25H19BrClFN2O2/c1-15-22(27)7-4-8-23(15)30-25(31)18(14-29)9-17-12-21(26)20(24(13-17)32-2)11-16-5-3-6-19(28)10-16/h3-10,12-13H,11H2,1-2H3,(H,30,31)/b18-9+. The lowest BCUT2D eigenvalue weighted by atomic mass is 10.0. The lowest BCUT2D eigenvalue weighted by Gasteiger charge is -2.13. The number of anilines is 1. The van der Waals surface area contributed by atoms with Gasteiger partial charge in [0.25, 0.3) is 5.91 Å². The van der Waals surface area contributed by atoms with E-state index in [1.807, 2.05) is 12.1 Å². The highest BCUT2D eigenvalue weighted by atomic mass is 79.9. The Kier molecular flexibility index (Phi) is 7.68. The molecule has 0 saturated heterocycles. The monoisotopic (exact) mass is 512 g/mol. The van der Waals surface area contributed by atoms with Gasteiger partial charge in [-0.25, -0.2) is 4.39 Å². The Balaban J connectivity index is 1.90. The Morgan fingerprint density at radius 3 is 2.69 bits per heavy atom. The summed E-state index contributed by atoms with van der Waals surface area (Å²) >= 11 is 9.64. The van der Waals surface area contributed by atoms with E-state index in [0.29, 0.717) is 34.0 Å². The van der Waals surface area contributed by atoms with Gasteiger partial charge in [0.1, 0.15) is 23.2 Å². The molecular formula is C25H19BrClFN2O2. The van der Waals surface area contributed by atoms with Crippen LogP contribution in [0.1, 0.15) is 22.3 Å². The van der Waals surface area contributed by atoms with E-state index in [-0.39, 0.29) is 11.4 Å². The summed E-state index contributed by atoms with van der Waals surface area (Å²) in [6, 6.07) is 17.0. The van der Waals surface area contributed by atoms with Crippen molar-refractivity contribution in [3.63, 3.8) is 0 Å². The van der Waals surface area contributed by atoms with Crippen molar-refractivity contribution in [2.24, 2.45) is 0 Å². The molecule has 3 aromatic rings. The molecule has 0 unspecified atom stereocenters. The van der Waals surface area contributed by atoms with Crippen molar-refractivity contribution >= 4 is 45.2 Å². The van der Waals surface area contributed by atoms with Crippen LogP contribution in [0, 0.1) is 24.1 Å². The van der Waals surface area contributed by atoms with Crippen molar-refractivity contribution in [2.45, 2.75) is 13.3 Å². The largest absolute Gasteiger partial charge is 0.496 e. The summed E-state index contributed by atoms with van der Waals surface area (Å²) in [6.07, 6.45) is 1.93. The average Bonchev–Trinajstić information content (AvgIpc) is 2.76. The predicted octanol–water partition coefficient (Wildman–Crippen LogP) is 6.70. The zero-order valence-electron chi connectivity index (χ0n) is 17.4. The molecule has 0 spiro atoms.